The van der Waals surface area contributed by atoms with Crippen LogP contribution < -0.4 is 5.32 Å². The zero-order chi connectivity index (χ0) is 13.0. The molecule has 6 nitrogen and oxygen atoms in total. The van der Waals surface area contributed by atoms with Gasteiger partial charge in [-0.05, 0) is 25.5 Å². The molecule has 1 aliphatic heterocycles. The normalized spacial score (nSPS) is 23.4. The molecular weight excluding hydrogens is 252 g/mol. The van der Waals surface area contributed by atoms with Gasteiger partial charge in [-0.3, -0.25) is 4.68 Å². The Labute approximate surface area is 110 Å². The van der Waals surface area contributed by atoms with Crippen LogP contribution in [0.1, 0.15) is 30.3 Å². The Morgan fingerprint density at radius 3 is 3.17 bits per heavy atom. The van der Waals surface area contributed by atoms with Crippen LogP contribution in [0, 0.1) is 0 Å². The fourth-order valence-corrected chi connectivity index (χ4v) is 3.30. The Morgan fingerprint density at radius 2 is 2.56 bits per heavy atom. The van der Waals surface area contributed by atoms with Crippen molar-refractivity contribution in [3.63, 3.8) is 0 Å². The van der Waals surface area contributed by atoms with Crippen molar-refractivity contribution in [2.75, 3.05) is 18.8 Å². The van der Waals surface area contributed by atoms with E-state index in [2.05, 4.69) is 22.6 Å². The summed E-state index contributed by atoms with van der Waals surface area (Å²) in [6.07, 6.45) is 4.01. The Bertz CT molecular complexity index is 415. The summed E-state index contributed by atoms with van der Waals surface area (Å²) >= 11 is 2.02. The van der Waals surface area contributed by atoms with Gasteiger partial charge in [0.2, 0.25) is 0 Å². The van der Waals surface area contributed by atoms with E-state index in [-0.39, 0.29) is 5.69 Å². The molecule has 1 aromatic heterocycles. The van der Waals surface area contributed by atoms with Gasteiger partial charge in [0.05, 0.1) is 12.7 Å². The van der Waals surface area contributed by atoms with Gasteiger partial charge in [0.25, 0.3) is 0 Å². The molecule has 0 bridgehead atoms. The molecule has 0 saturated carbocycles. The second-order valence-corrected chi connectivity index (χ2v) is 6.43. The number of hydrogen-bond donors (Lipinski definition) is 2. The minimum absolute atomic E-state index is 0.00619. The number of carbonyl (C=O) groups is 1. The van der Waals surface area contributed by atoms with Crippen molar-refractivity contribution in [3.05, 3.63) is 11.9 Å². The molecule has 0 radical (unpaired) electrons. The molecule has 1 saturated heterocycles. The Kier molecular flexibility index (Phi) is 4.23. The maximum Gasteiger partial charge on any atom is 0.358 e. The minimum atomic E-state index is -1.04. The van der Waals surface area contributed by atoms with Crippen molar-refractivity contribution in [1.82, 2.24) is 20.3 Å². The molecule has 1 atom stereocenters. The van der Waals surface area contributed by atoms with Gasteiger partial charge in [-0.1, -0.05) is 5.21 Å². The number of nitrogens with zero attached hydrogens (tertiary/aromatic N) is 3. The molecule has 0 spiro atoms. The van der Waals surface area contributed by atoms with E-state index in [9.17, 15) is 4.79 Å². The van der Waals surface area contributed by atoms with Crippen LogP contribution in [0.5, 0.6) is 0 Å². The Hall–Kier alpha value is -1.08. The van der Waals surface area contributed by atoms with Crippen LogP contribution in [0.4, 0.5) is 0 Å². The molecule has 1 aromatic rings. The van der Waals surface area contributed by atoms with E-state index in [0.29, 0.717) is 11.3 Å². The lowest BCUT2D eigenvalue weighted by Gasteiger charge is -2.22. The van der Waals surface area contributed by atoms with Crippen molar-refractivity contribution < 1.29 is 9.90 Å². The van der Waals surface area contributed by atoms with Crippen LogP contribution in [-0.2, 0) is 6.54 Å². The van der Waals surface area contributed by atoms with Crippen molar-refractivity contribution in [1.29, 1.82) is 0 Å². The number of thioether (sulfide) groups is 1. The summed E-state index contributed by atoms with van der Waals surface area (Å²) in [7, 11) is 0. The van der Waals surface area contributed by atoms with E-state index in [1.807, 2.05) is 11.8 Å². The van der Waals surface area contributed by atoms with Gasteiger partial charge in [0.1, 0.15) is 0 Å². The molecule has 0 amide bonds. The second-order valence-electron chi connectivity index (χ2n) is 4.75. The number of carboxylic acid groups (broad SMARTS) is 1. The van der Waals surface area contributed by atoms with Gasteiger partial charge in [-0.25, -0.2) is 4.79 Å². The number of aromatic carboxylic acids is 1. The van der Waals surface area contributed by atoms with Gasteiger partial charge in [0, 0.05) is 17.8 Å². The first kappa shape index (κ1) is 13.4. The van der Waals surface area contributed by atoms with Crippen LogP contribution in [-0.4, -0.2) is 49.7 Å². The summed E-state index contributed by atoms with van der Waals surface area (Å²) in [6.45, 7) is 4.69. The van der Waals surface area contributed by atoms with Gasteiger partial charge >= 0.3 is 5.97 Å². The third-order valence-electron chi connectivity index (χ3n) is 3.07. The summed E-state index contributed by atoms with van der Waals surface area (Å²) in [6, 6.07) is 0. The first-order chi connectivity index (χ1) is 8.59. The predicted octanol–water partition coefficient (Wildman–Crippen LogP) is 0.852. The lowest BCUT2D eigenvalue weighted by molar-refractivity contribution is 0.0690. The number of hydrogen-bond acceptors (Lipinski definition) is 5. The Balaban J connectivity index is 1.70. The predicted molar refractivity (Wildman–Crippen MR) is 69.9 cm³/mol. The fraction of sp³-hybridized carbons (Fsp3) is 0.727. The van der Waals surface area contributed by atoms with Crippen LogP contribution in [0.15, 0.2) is 6.20 Å². The highest BCUT2D eigenvalue weighted by Crippen LogP contribution is 2.36. The zero-order valence-corrected chi connectivity index (χ0v) is 11.2. The standard InChI is InChI=1S/C11H18N4O2S/c1-11(3-2-6-18-11)8-12-4-5-15-7-9(10(16)17)13-14-15/h7,12H,2-6,8H2,1H3,(H,16,17). The SMILES string of the molecule is CC1(CNCCn2cc(C(=O)O)nn2)CCCS1. The van der Waals surface area contributed by atoms with E-state index < -0.39 is 5.97 Å². The molecule has 7 heteroatoms. The first-order valence-corrected chi connectivity index (χ1v) is 7.06. The highest BCUT2D eigenvalue weighted by molar-refractivity contribution is 8.00. The van der Waals surface area contributed by atoms with Crippen LogP contribution >= 0.6 is 11.8 Å². The molecular formula is C11H18N4O2S. The molecule has 1 fully saturated rings. The fourth-order valence-electron chi connectivity index (χ4n) is 2.03. The van der Waals surface area contributed by atoms with Crippen LogP contribution in [0.2, 0.25) is 0 Å². The average Bonchev–Trinajstić information content (AvgIpc) is 2.94. The molecule has 1 aliphatic rings. The highest BCUT2D eigenvalue weighted by Gasteiger charge is 2.28. The van der Waals surface area contributed by atoms with Crippen LogP contribution in [0.25, 0.3) is 0 Å². The van der Waals surface area contributed by atoms with E-state index in [1.165, 1.54) is 24.8 Å². The lowest BCUT2D eigenvalue weighted by atomic mass is 10.1. The van der Waals surface area contributed by atoms with E-state index >= 15 is 0 Å². The van der Waals surface area contributed by atoms with Gasteiger partial charge < -0.3 is 10.4 Å². The van der Waals surface area contributed by atoms with E-state index in [0.717, 1.165) is 13.1 Å². The van der Waals surface area contributed by atoms with Crippen molar-refractivity contribution in [3.8, 4) is 0 Å². The molecule has 1 unspecified atom stereocenters. The molecule has 100 valence electrons. The Morgan fingerprint density at radius 1 is 1.72 bits per heavy atom. The third-order valence-corrected chi connectivity index (χ3v) is 4.61. The molecule has 2 N–H and O–H groups in total. The van der Waals surface area contributed by atoms with Crippen molar-refractivity contribution >= 4 is 17.7 Å². The number of carboxylic acids is 1. The zero-order valence-electron chi connectivity index (χ0n) is 10.4. The van der Waals surface area contributed by atoms with E-state index in [1.54, 1.807) is 4.68 Å². The summed E-state index contributed by atoms with van der Waals surface area (Å²) in [5.41, 5.74) is -0.00619. The summed E-state index contributed by atoms with van der Waals surface area (Å²) in [5.74, 6) is 0.215. The van der Waals surface area contributed by atoms with E-state index in [4.69, 9.17) is 5.11 Å². The van der Waals surface area contributed by atoms with Crippen molar-refractivity contribution in [2.24, 2.45) is 0 Å². The number of rotatable bonds is 6. The largest absolute Gasteiger partial charge is 0.476 e. The highest BCUT2D eigenvalue weighted by atomic mass is 32.2. The maximum atomic E-state index is 10.6. The quantitative estimate of drug-likeness (QED) is 0.746. The van der Waals surface area contributed by atoms with Gasteiger partial charge in [0.15, 0.2) is 5.69 Å². The van der Waals surface area contributed by atoms with Gasteiger partial charge in [-0.2, -0.15) is 11.8 Å². The number of aromatic nitrogens is 3. The summed E-state index contributed by atoms with van der Waals surface area (Å²) in [5, 5.41) is 19.4. The monoisotopic (exact) mass is 270 g/mol. The average molecular weight is 270 g/mol. The maximum absolute atomic E-state index is 10.6. The number of nitrogens with one attached hydrogen (secondary N) is 1. The minimum Gasteiger partial charge on any atom is -0.476 e. The molecule has 0 aliphatic carbocycles. The topological polar surface area (TPSA) is 80.0 Å². The molecule has 2 rings (SSSR count). The lowest BCUT2D eigenvalue weighted by Crippen LogP contribution is -2.34. The molecule has 2 heterocycles. The second kappa shape index (κ2) is 5.71. The molecule has 18 heavy (non-hydrogen) atoms. The molecule has 0 aromatic carbocycles. The third kappa shape index (κ3) is 3.46. The smallest absolute Gasteiger partial charge is 0.358 e. The van der Waals surface area contributed by atoms with Crippen LogP contribution in [0.3, 0.4) is 0 Å². The summed E-state index contributed by atoms with van der Waals surface area (Å²) < 4.78 is 1.91. The first-order valence-electron chi connectivity index (χ1n) is 6.07. The summed E-state index contributed by atoms with van der Waals surface area (Å²) in [4.78, 5) is 10.6. The van der Waals surface area contributed by atoms with Crippen molar-refractivity contribution in [2.45, 2.75) is 31.1 Å². The van der Waals surface area contributed by atoms with Gasteiger partial charge in [-0.15, -0.1) is 5.10 Å².